The van der Waals surface area contributed by atoms with Crippen molar-refractivity contribution < 1.29 is 8.42 Å². The lowest BCUT2D eigenvalue weighted by Crippen LogP contribution is -2.28. The molecule has 148 valence electrons. The number of para-hydroxylation sites is 2. The Balaban J connectivity index is 1.52. The Labute approximate surface area is 168 Å². The first kappa shape index (κ1) is 19.3. The Morgan fingerprint density at radius 2 is 1.69 bits per heavy atom. The van der Waals surface area contributed by atoms with E-state index in [1.165, 1.54) is 0 Å². The minimum absolute atomic E-state index is 0.152. The number of rotatable bonds is 6. The van der Waals surface area contributed by atoms with Crippen molar-refractivity contribution in [1.29, 1.82) is 0 Å². The van der Waals surface area contributed by atoms with Gasteiger partial charge in [-0.05, 0) is 36.9 Å². The fraction of sp³-hybridized carbons (Fsp3) is 0.182. The van der Waals surface area contributed by atoms with Crippen LogP contribution in [0.2, 0.25) is 0 Å². The maximum absolute atomic E-state index is 12.8. The maximum atomic E-state index is 12.8. The van der Waals surface area contributed by atoms with Gasteiger partial charge in [-0.2, -0.15) is 0 Å². The van der Waals surface area contributed by atoms with Crippen LogP contribution < -0.4 is 10.3 Å². The van der Waals surface area contributed by atoms with Gasteiger partial charge in [0, 0.05) is 18.5 Å². The summed E-state index contributed by atoms with van der Waals surface area (Å²) in [6.45, 7) is 2.32. The van der Waals surface area contributed by atoms with Gasteiger partial charge < -0.3 is 4.57 Å². The van der Waals surface area contributed by atoms with E-state index in [1.807, 2.05) is 48.5 Å². The summed E-state index contributed by atoms with van der Waals surface area (Å²) in [4.78, 5) is 17.1. The van der Waals surface area contributed by atoms with E-state index in [0.29, 0.717) is 24.0 Å². The zero-order valence-electron chi connectivity index (χ0n) is 16.0. The SMILES string of the molecule is Cc1nc2ccccc2n(CCCNS(=O)(=O)c2cccc3ccccc23)c1=O. The molecule has 0 aliphatic heterocycles. The second-order valence-electron chi connectivity index (χ2n) is 6.87. The predicted octanol–water partition coefficient (Wildman–Crippen LogP) is 3.23. The first-order valence-electron chi connectivity index (χ1n) is 9.41. The summed E-state index contributed by atoms with van der Waals surface area (Å²) >= 11 is 0. The highest BCUT2D eigenvalue weighted by molar-refractivity contribution is 7.89. The highest BCUT2D eigenvalue weighted by Gasteiger charge is 2.16. The van der Waals surface area contributed by atoms with Gasteiger partial charge in [0.25, 0.3) is 5.56 Å². The minimum atomic E-state index is -3.65. The van der Waals surface area contributed by atoms with E-state index < -0.39 is 10.0 Å². The molecule has 0 aliphatic rings. The molecule has 0 aliphatic carbocycles. The molecule has 0 fully saturated rings. The summed E-state index contributed by atoms with van der Waals surface area (Å²) in [5, 5.41) is 1.56. The third kappa shape index (κ3) is 3.79. The van der Waals surface area contributed by atoms with E-state index in [9.17, 15) is 13.2 Å². The molecule has 0 amide bonds. The lowest BCUT2D eigenvalue weighted by molar-refractivity contribution is 0.570. The van der Waals surface area contributed by atoms with Gasteiger partial charge in [0.2, 0.25) is 10.0 Å². The van der Waals surface area contributed by atoms with E-state index >= 15 is 0 Å². The summed E-state index contributed by atoms with van der Waals surface area (Å²) in [5.41, 5.74) is 1.78. The highest BCUT2D eigenvalue weighted by Crippen LogP contribution is 2.22. The van der Waals surface area contributed by atoms with Crippen molar-refractivity contribution in [2.24, 2.45) is 0 Å². The van der Waals surface area contributed by atoms with Gasteiger partial charge in [0.15, 0.2) is 0 Å². The van der Waals surface area contributed by atoms with Crippen LogP contribution in [0.5, 0.6) is 0 Å². The topological polar surface area (TPSA) is 81.1 Å². The number of hydrogen-bond acceptors (Lipinski definition) is 4. The van der Waals surface area contributed by atoms with Crippen LogP contribution in [0, 0.1) is 6.92 Å². The average molecular weight is 407 g/mol. The zero-order valence-corrected chi connectivity index (χ0v) is 16.8. The zero-order chi connectivity index (χ0) is 20.4. The molecule has 29 heavy (non-hydrogen) atoms. The fourth-order valence-electron chi connectivity index (χ4n) is 3.49. The van der Waals surface area contributed by atoms with Crippen LogP contribution in [-0.4, -0.2) is 24.5 Å². The number of aryl methyl sites for hydroxylation is 2. The lowest BCUT2D eigenvalue weighted by Gasteiger charge is -2.12. The molecule has 0 saturated heterocycles. The summed E-state index contributed by atoms with van der Waals surface area (Å²) in [6.07, 6.45) is 0.483. The molecule has 0 atom stereocenters. The molecule has 3 aromatic carbocycles. The van der Waals surface area contributed by atoms with Gasteiger partial charge >= 0.3 is 0 Å². The monoisotopic (exact) mass is 407 g/mol. The Morgan fingerprint density at radius 3 is 2.55 bits per heavy atom. The third-order valence-electron chi connectivity index (χ3n) is 4.91. The molecule has 0 unspecified atom stereocenters. The molecular weight excluding hydrogens is 386 g/mol. The van der Waals surface area contributed by atoms with Gasteiger partial charge in [0.05, 0.1) is 15.9 Å². The molecule has 6 nitrogen and oxygen atoms in total. The van der Waals surface area contributed by atoms with Crippen LogP contribution in [0.4, 0.5) is 0 Å². The van der Waals surface area contributed by atoms with Crippen LogP contribution in [-0.2, 0) is 16.6 Å². The Bertz CT molecular complexity index is 1360. The van der Waals surface area contributed by atoms with Crippen LogP contribution in [0.15, 0.2) is 76.4 Å². The molecule has 0 bridgehead atoms. The molecule has 4 aromatic rings. The van der Waals surface area contributed by atoms with Crippen molar-refractivity contribution in [3.05, 3.63) is 82.8 Å². The largest absolute Gasteiger partial charge is 0.305 e. The Hall–Kier alpha value is -3.03. The Kier molecular flexibility index (Phi) is 5.17. The van der Waals surface area contributed by atoms with E-state index in [1.54, 1.807) is 29.7 Å². The molecule has 0 spiro atoms. The number of nitrogens with one attached hydrogen (secondary N) is 1. The number of fused-ring (bicyclic) bond motifs is 2. The summed E-state index contributed by atoms with van der Waals surface area (Å²) in [7, 11) is -3.65. The van der Waals surface area contributed by atoms with E-state index in [4.69, 9.17) is 0 Å². The van der Waals surface area contributed by atoms with Gasteiger partial charge in [0.1, 0.15) is 5.69 Å². The predicted molar refractivity (Wildman–Crippen MR) is 114 cm³/mol. The molecule has 1 heterocycles. The first-order chi connectivity index (χ1) is 14.0. The van der Waals surface area contributed by atoms with Gasteiger partial charge in [-0.25, -0.2) is 18.1 Å². The van der Waals surface area contributed by atoms with Crippen molar-refractivity contribution in [2.45, 2.75) is 24.8 Å². The van der Waals surface area contributed by atoms with Crippen LogP contribution in [0.3, 0.4) is 0 Å². The van der Waals surface area contributed by atoms with Gasteiger partial charge in [-0.15, -0.1) is 0 Å². The second-order valence-corrected chi connectivity index (χ2v) is 8.61. The fourth-order valence-corrected chi connectivity index (χ4v) is 4.80. The van der Waals surface area contributed by atoms with Crippen molar-refractivity contribution in [3.63, 3.8) is 0 Å². The smallest absolute Gasteiger partial charge is 0.272 e. The van der Waals surface area contributed by atoms with Crippen molar-refractivity contribution >= 4 is 31.8 Å². The van der Waals surface area contributed by atoms with Crippen molar-refractivity contribution in [3.8, 4) is 0 Å². The molecule has 1 aromatic heterocycles. The van der Waals surface area contributed by atoms with Crippen molar-refractivity contribution in [2.75, 3.05) is 6.54 Å². The number of sulfonamides is 1. The first-order valence-corrected chi connectivity index (χ1v) is 10.9. The molecule has 4 rings (SSSR count). The number of aromatic nitrogens is 2. The standard InChI is InChI=1S/C22H21N3O3S/c1-16-22(26)25(20-12-5-4-11-19(20)24-16)15-7-14-23-29(27,28)21-13-6-9-17-8-2-3-10-18(17)21/h2-6,8-13,23H,7,14-15H2,1H3. The quantitative estimate of drug-likeness (QED) is 0.498. The number of benzene rings is 3. The van der Waals surface area contributed by atoms with Crippen LogP contribution in [0.25, 0.3) is 21.8 Å². The second kappa shape index (κ2) is 7.77. The van der Waals surface area contributed by atoms with E-state index in [-0.39, 0.29) is 17.0 Å². The number of nitrogens with zero attached hydrogens (tertiary/aromatic N) is 2. The maximum Gasteiger partial charge on any atom is 0.272 e. The van der Waals surface area contributed by atoms with Gasteiger partial charge in [-0.1, -0.05) is 48.5 Å². The minimum Gasteiger partial charge on any atom is -0.305 e. The average Bonchev–Trinajstić information content (AvgIpc) is 2.73. The van der Waals surface area contributed by atoms with E-state index in [0.717, 1.165) is 16.4 Å². The van der Waals surface area contributed by atoms with Crippen LogP contribution in [0.1, 0.15) is 12.1 Å². The van der Waals surface area contributed by atoms with Crippen molar-refractivity contribution in [1.82, 2.24) is 14.3 Å². The summed E-state index contributed by atoms with van der Waals surface area (Å²) in [6, 6.07) is 20.1. The van der Waals surface area contributed by atoms with E-state index in [2.05, 4.69) is 9.71 Å². The molecule has 7 heteroatoms. The number of hydrogen-bond donors (Lipinski definition) is 1. The highest BCUT2D eigenvalue weighted by atomic mass is 32.2. The van der Waals surface area contributed by atoms with Crippen LogP contribution >= 0.6 is 0 Å². The summed E-state index contributed by atoms with van der Waals surface area (Å²) in [5.74, 6) is 0. The summed E-state index contributed by atoms with van der Waals surface area (Å²) < 4.78 is 29.9. The molecular formula is C22H21N3O3S. The molecule has 0 saturated carbocycles. The Morgan fingerprint density at radius 1 is 0.966 bits per heavy atom. The normalized spacial score (nSPS) is 11.9. The molecule has 0 radical (unpaired) electrons. The third-order valence-corrected chi connectivity index (χ3v) is 6.42. The lowest BCUT2D eigenvalue weighted by atomic mass is 10.1. The molecule has 1 N–H and O–H groups in total. The van der Waals surface area contributed by atoms with Gasteiger partial charge in [-0.3, -0.25) is 4.79 Å².